The Bertz CT molecular complexity index is 875. The van der Waals surface area contributed by atoms with Crippen molar-refractivity contribution in [2.45, 2.75) is 218 Å². The molecule has 0 saturated carbocycles. The molecule has 3 unspecified atom stereocenters. The molecule has 48 heavy (non-hydrogen) atoms. The van der Waals surface area contributed by atoms with Gasteiger partial charge >= 0.3 is 0 Å². The second-order valence-corrected chi connectivity index (χ2v) is 15.6. The van der Waals surface area contributed by atoms with Crippen LogP contribution >= 0.6 is 0 Å². The Morgan fingerprint density at radius 2 is 0.917 bits per heavy atom. The van der Waals surface area contributed by atoms with Gasteiger partial charge in [0.1, 0.15) is 6.10 Å². The zero-order valence-electron chi connectivity index (χ0n) is 31.2. The third kappa shape index (κ3) is 33.3. The fourth-order valence-electron chi connectivity index (χ4n) is 6.10. The number of hydrogen-bond donors (Lipinski definition) is 4. The lowest BCUT2D eigenvalue weighted by atomic mass is 10.0. The smallest absolute Gasteiger partial charge is 0.267 e. The van der Waals surface area contributed by atoms with Crippen LogP contribution in [-0.4, -0.2) is 53.1 Å². The molecule has 0 aromatic heterocycles. The van der Waals surface area contributed by atoms with Gasteiger partial charge in [-0.05, 0) is 44.9 Å². The SMILES string of the molecule is CCCCCCCCCCC/C=C\CCCCCCCCC(O)C(=O)NC(CS(=O)(=O)O)C(O)/C=C/CCCCCCCCCCCC. The van der Waals surface area contributed by atoms with Gasteiger partial charge in [0, 0.05) is 0 Å². The van der Waals surface area contributed by atoms with Crippen molar-refractivity contribution in [1.29, 1.82) is 0 Å². The van der Waals surface area contributed by atoms with Crippen molar-refractivity contribution in [3.05, 3.63) is 24.3 Å². The molecule has 0 radical (unpaired) electrons. The molecule has 4 N–H and O–H groups in total. The molecular weight excluding hydrogens is 623 g/mol. The minimum atomic E-state index is -4.44. The highest BCUT2D eigenvalue weighted by Crippen LogP contribution is 2.14. The molecule has 0 fully saturated rings. The Hall–Kier alpha value is -1.22. The lowest BCUT2D eigenvalue weighted by Crippen LogP contribution is -2.50. The maximum Gasteiger partial charge on any atom is 0.267 e. The molecule has 7 nitrogen and oxygen atoms in total. The molecule has 0 aromatic carbocycles. The van der Waals surface area contributed by atoms with Gasteiger partial charge in [0.15, 0.2) is 0 Å². The normalized spacial score (nSPS) is 14.2. The molecule has 0 aliphatic rings. The average molecular weight is 700 g/mol. The van der Waals surface area contributed by atoms with Crippen molar-refractivity contribution in [3.8, 4) is 0 Å². The molecule has 0 saturated heterocycles. The van der Waals surface area contributed by atoms with Crippen molar-refractivity contribution < 1.29 is 28.0 Å². The van der Waals surface area contributed by atoms with Crippen LogP contribution in [0.4, 0.5) is 0 Å². The summed E-state index contributed by atoms with van der Waals surface area (Å²) < 4.78 is 32.4. The van der Waals surface area contributed by atoms with Crippen LogP contribution in [0.5, 0.6) is 0 Å². The first-order chi connectivity index (χ1) is 23.2. The van der Waals surface area contributed by atoms with E-state index in [0.29, 0.717) is 6.42 Å². The fraction of sp³-hybridized carbons (Fsp3) is 0.875. The van der Waals surface area contributed by atoms with E-state index < -0.39 is 40.0 Å². The molecule has 0 aliphatic carbocycles. The quantitative estimate of drug-likeness (QED) is 0.0293. The summed E-state index contributed by atoms with van der Waals surface area (Å²) in [4.78, 5) is 12.6. The van der Waals surface area contributed by atoms with Gasteiger partial charge in [-0.2, -0.15) is 8.42 Å². The second-order valence-electron chi connectivity index (χ2n) is 14.1. The predicted octanol–water partition coefficient (Wildman–Crippen LogP) is 10.5. The number of carbonyl (C=O) groups excluding carboxylic acids is 1. The average Bonchev–Trinajstić information content (AvgIpc) is 3.05. The van der Waals surface area contributed by atoms with E-state index >= 15 is 0 Å². The summed E-state index contributed by atoms with van der Waals surface area (Å²) in [6.45, 7) is 4.49. The molecule has 8 heteroatoms. The number of aliphatic hydroxyl groups is 2. The molecule has 0 rings (SSSR count). The van der Waals surface area contributed by atoms with Gasteiger partial charge in [-0.25, -0.2) is 0 Å². The van der Waals surface area contributed by atoms with Crippen LogP contribution in [0.25, 0.3) is 0 Å². The van der Waals surface area contributed by atoms with Crippen molar-refractivity contribution in [2.75, 3.05) is 5.75 Å². The van der Waals surface area contributed by atoms with Gasteiger partial charge in [0.2, 0.25) is 5.91 Å². The predicted molar refractivity (Wildman–Crippen MR) is 204 cm³/mol. The highest BCUT2D eigenvalue weighted by atomic mass is 32.2. The number of carbonyl (C=O) groups is 1. The highest BCUT2D eigenvalue weighted by molar-refractivity contribution is 7.85. The molecule has 1 amide bonds. The summed E-state index contributed by atoms with van der Waals surface area (Å²) in [5.74, 6) is -1.54. The minimum absolute atomic E-state index is 0.275. The van der Waals surface area contributed by atoms with Crippen LogP contribution in [0.1, 0.15) is 200 Å². The van der Waals surface area contributed by atoms with Crippen LogP contribution < -0.4 is 5.32 Å². The standard InChI is InChI=1S/C40H77NO6S/c1-3-5-7-9-11-13-15-17-18-19-20-21-22-23-25-27-29-31-33-35-39(43)40(44)41-37(36-48(45,46)47)38(42)34-32-30-28-26-24-16-14-12-10-8-6-4-2/h20-21,32,34,37-39,42-43H,3-19,22-31,33,35-36H2,1-2H3,(H,41,44)(H,45,46,47)/b21-20-,34-32+. The number of nitrogens with one attached hydrogen (secondary N) is 1. The zero-order valence-corrected chi connectivity index (χ0v) is 32.0. The van der Waals surface area contributed by atoms with Crippen molar-refractivity contribution in [2.24, 2.45) is 0 Å². The van der Waals surface area contributed by atoms with Gasteiger partial charge in [-0.15, -0.1) is 0 Å². The third-order valence-electron chi connectivity index (χ3n) is 9.23. The Balaban J connectivity index is 4.02. The number of unbranched alkanes of at least 4 members (excludes halogenated alkanes) is 25. The van der Waals surface area contributed by atoms with Gasteiger partial charge in [0.25, 0.3) is 10.1 Å². The lowest BCUT2D eigenvalue weighted by molar-refractivity contribution is -0.130. The van der Waals surface area contributed by atoms with Crippen LogP contribution in [0.15, 0.2) is 24.3 Å². The summed E-state index contributed by atoms with van der Waals surface area (Å²) >= 11 is 0. The van der Waals surface area contributed by atoms with E-state index in [9.17, 15) is 28.0 Å². The van der Waals surface area contributed by atoms with E-state index in [1.54, 1.807) is 6.08 Å². The summed E-state index contributed by atoms with van der Waals surface area (Å²) in [5, 5.41) is 23.3. The van der Waals surface area contributed by atoms with Crippen LogP contribution in [0.2, 0.25) is 0 Å². The number of allylic oxidation sites excluding steroid dienone is 3. The van der Waals surface area contributed by atoms with E-state index in [1.807, 2.05) is 0 Å². The second kappa shape index (κ2) is 34.2. The van der Waals surface area contributed by atoms with E-state index in [1.165, 1.54) is 134 Å². The first-order valence-electron chi connectivity index (χ1n) is 20.1. The third-order valence-corrected chi connectivity index (χ3v) is 10.0. The molecule has 284 valence electrons. The van der Waals surface area contributed by atoms with Crippen LogP contribution in [0.3, 0.4) is 0 Å². The molecular formula is C40H77NO6S. The van der Waals surface area contributed by atoms with E-state index in [0.717, 1.165) is 44.9 Å². The number of aliphatic hydroxyl groups excluding tert-OH is 2. The summed E-state index contributed by atoms with van der Waals surface area (Å²) in [6, 6.07) is -1.23. The molecule has 0 aliphatic heterocycles. The van der Waals surface area contributed by atoms with Crippen molar-refractivity contribution in [3.63, 3.8) is 0 Å². The topological polar surface area (TPSA) is 124 Å². The zero-order chi connectivity index (χ0) is 35.6. The maximum atomic E-state index is 12.6. The monoisotopic (exact) mass is 700 g/mol. The van der Waals surface area contributed by atoms with E-state index in [4.69, 9.17) is 0 Å². The number of hydrogen-bond acceptors (Lipinski definition) is 5. The Morgan fingerprint density at radius 3 is 1.31 bits per heavy atom. The highest BCUT2D eigenvalue weighted by Gasteiger charge is 2.27. The number of amides is 1. The van der Waals surface area contributed by atoms with Crippen molar-refractivity contribution >= 4 is 16.0 Å². The molecule has 0 bridgehead atoms. The summed E-state index contributed by atoms with van der Waals surface area (Å²) in [6.07, 6.45) is 39.5. The molecule has 3 atom stereocenters. The summed E-state index contributed by atoms with van der Waals surface area (Å²) in [5.41, 5.74) is 0. The summed E-state index contributed by atoms with van der Waals surface area (Å²) in [7, 11) is -4.44. The first kappa shape index (κ1) is 46.8. The largest absolute Gasteiger partial charge is 0.387 e. The van der Waals surface area contributed by atoms with Gasteiger partial charge in [0.05, 0.1) is 17.9 Å². The van der Waals surface area contributed by atoms with Crippen molar-refractivity contribution in [1.82, 2.24) is 5.32 Å². The Morgan fingerprint density at radius 1 is 0.562 bits per heavy atom. The first-order valence-corrected chi connectivity index (χ1v) is 21.8. The van der Waals surface area contributed by atoms with Gasteiger partial charge in [-0.1, -0.05) is 179 Å². The molecule has 0 aromatic rings. The van der Waals surface area contributed by atoms with Crippen LogP contribution in [-0.2, 0) is 14.9 Å². The fourth-order valence-corrected chi connectivity index (χ4v) is 6.83. The van der Waals surface area contributed by atoms with Gasteiger partial charge in [-0.3, -0.25) is 9.35 Å². The van der Waals surface area contributed by atoms with E-state index in [2.05, 4.69) is 31.3 Å². The Kier molecular flexibility index (Phi) is 33.4. The lowest BCUT2D eigenvalue weighted by Gasteiger charge is -2.22. The minimum Gasteiger partial charge on any atom is -0.387 e. The number of rotatable bonds is 36. The van der Waals surface area contributed by atoms with E-state index in [-0.39, 0.29) is 6.42 Å². The Labute approximate surface area is 297 Å². The molecule has 0 heterocycles. The van der Waals surface area contributed by atoms with Crippen LogP contribution in [0, 0.1) is 0 Å². The van der Waals surface area contributed by atoms with Gasteiger partial charge < -0.3 is 15.5 Å². The molecule has 0 spiro atoms. The maximum absolute atomic E-state index is 12.6.